The molecule has 1 atom stereocenters. The van der Waals surface area contributed by atoms with Crippen molar-refractivity contribution in [2.24, 2.45) is 5.92 Å². The number of rotatable bonds is 8. The zero-order chi connectivity index (χ0) is 14.3. The van der Waals surface area contributed by atoms with E-state index < -0.39 is 0 Å². The average Bonchev–Trinajstić information content (AvgIpc) is 2.82. The van der Waals surface area contributed by atoms with Gasteiger partial charge in [-0.2, -0.15) is 0 Å². The Balaban J connectivity index is 2.50. The number of hydrogen-bond donors (Lipinski definition) is 2. The van der Waals surface area contributed by atoms with Crippen LogP contribution in [0.5, 0.6) is 0 Å². The summed E-state index contributed by atoms with van der Waals surface area (Å²) in [5.74, 6) is 0.0289. The lowest BCUT2D eigenvalue weighted by molar-refractivity contribution is -0.124. The second-order valence-electron chi connectivity index (χ2n) is 4.69. The minimum Gasteiger partial charge on any atom is -0.374 e. The highest BCUT2D eigenvalue weighted by molar-refractivity contribution is 7.10. The highest BCUT2D eigenvalue weighted by Gasteiger charge is 2.16. The molecule has 0 aliphatic carbocycles. The van der Waals surface area contributed by atoms with Crippen molar-refractivity contribution in [1.29, 1.82) is 0 Å². The molecule has 0 aliphatic rings. The lowest BCUT2D eigenvalue weighted by atomic mass is 10.1. The third-order valence-corrected chi connectivity index (χ3v) is 3.52. The number of carbonyl (C=O) groups is 1. The van der Waals surface area contributed by atoms with Crippen LogP contribution in [0.15, 0.2) is 0 Å². The van der Waals surface area contributed by atoms with Gasteiger partial charge in [0.15, 0.2) is 0 Å². The van der Waals surface area contributed by atoms with Crippen molar-refractivity contribution in [2.75, 3.05) is 32.5 Å². The Kier molecular flexibility index (Phi) is 6.72. The molecular weight excluding hydrogens is 262 g/mol. The van der Waals surface area contributed by atoms with E-state index in [1.165, 1.54) is 11.5 Å². The fourth-order valence-electron chi connectivity index (χ4n) is 1.80. The minimum absolute atomic E-state index is 0.0337. The summed E-state index contributed by atoms with van der Waals surface area (Å²) in [6.45, 7) is 6.37. The normalized spacial score (nSPS) is 12.5. The Hall–Kier alpha value is -1.21. The molecular formula is C12H23N5OS. The second-order valence-corrected chi connectivity index (χ2v) is 5.44. The van der Waals surface area contributed by atoms with Gasteiger partial charge in [-0.1, -0.05) is 18.3 Å². The fraction of sp³-hybridized carbons (Fsp3) is 0.750. The molecule has 1 aromatic heterocycles. The van der Waals surface area contributed by atoms with Gasteiger partial charge in [0.1, 0.15) is 10.7 Å². The van der Waals surface area contributed by atoms with E-state index in [2.05, 4.69) is 32.0 Å². The van der Waals surface area contributed by atoms with Gasteiger partial charge in [-0.3, -0.25) is 9.69 Å². The van der Waals surface area contributed by atoms with Gasteiger partial charge in [0.05, 0.1) is 0 Å². The maximum atomic E-state index is 11.5. The van der Waals surface area contributed by atoms with Crippen LogP contribution < -0.4 is 10.6 Å². The first-order valence-corrected chi connectivity index (χ1v) is 7.31. The van der Waals surface area contributed by atoms with Crippen molar-refractivity contribution in [3.63, 3.8) is 0 Å². The van der Waals surface area contributed by atoms with Crippen LogP contribution in [0.3, 0.4) is 0 Å². The number of anilines is 1. The molecule has 0 saturated carbocycles. The van der Waals surface area contributed by atoms with Crippen LogP contribution in [0.1, 0.15) is 26.0 Å². The van der Waals surface area contributed by atoms with E-state index in [0.717, 1.165) is 23.7 Å². The van der Waals surface area contributed by atoms with E-state index in [-0.39, 0.29) is 11.8 Å². The number of aromatic nitrogens is 2. The van der Waals surface area contributed by atoms with E-state index in [0.29, 0.717) is 13.1 Å². The van der Waals surface area contributed by atoms with Crippen molar-refractivity contribution in [3.05, 3.63) is 5.69 Å². The molecule has 0 spiro atoms. The molecule has 0 bridgehead atoms. The number of carbonyl (C=O) groups excluding carboxylic acids is 1. The predicted octanol–water partition coefficient (Wildman–Crippen LogP) is 1.17. The average molecular weight is 285 g/mol. The topological polar surface area (TPSA) is 70.2 Å². The molecule has 1 amide bonds. The monoisotopic (exact) mass is 285 g/mol. The number of nitrogens with zero attached hydrogens (tertiary/aromatic N) is 3. The third-order valence-electron chi connectivity index (χ3n) is 2.79. The molecule has 108 valence electrons. The summed E-state index contributed by atoms with van der Waals surface area (Å²) in [5.41, 5.74) is 0.949. The Morgan fingerprint density at radius 1 is 1.53 bits per heavy atom. The van der Waals surface area contributed by atoms with Gasteiger partial charge in [0.2, 0.25) is 5.91 Å². The summed E-state index contributed by atoms with van der Waals surface area (Å²) in [7, 11) is 3.65. The van der Waals surface area contributed by atoms with Crippen molar-refractivity contribution >= 4 is 22.4 Å². The molecule has 0 fully saturated rings. The van der Waals surface area contributed by atoms with Crippen molar-refractivity contribution in [1.82, 2.24) is 19.8 Å². The highest BCUT2D eigenvalue weighted by Crippen LogP contribution is 2.19. The van der Waals surface area contributed by atoms with Crippen molar-refractivity contribution < 1.29 is 4.79 Å². The first kappa shape index (κ1) is 15.8. The summed E-state index contributed by atoms with van der Waals surface area (Å²) in [5, 5.41) is 11.2. The Morgan fingerprint density at radius 2 is 2.26 bits per heavy atom. The van der Waals surface area contributed by atoms with E-state index in [9.17, 15) is 4.79 Å². The highest BCUT2D eigenvalue weighted by atomic mass is 32.1. The van der Waals surface area contributed by atoms with Gasteiger partial charge in [0.25, 0.3) is 0 Å². The summed E-state index contributed by atoms with van der Waals surface area (Å²) in [4.78, 5) is 13.6. The first-order valence-electron chi connectivity index (χ1n) is 6.53. The zero-order valence-electron chi connectivity index (χ0n) is 12.1. The Bertz CT molecular complexity index is 395. The molecule has 0 saturated heterocycles. The van der Waals surface area contributed by atoms with Gasteiger partial charge in [-0.15, -0.1) is 5.10 Å². The first-order chi connectivity index (χ1) is 9.08. The number of hydrogen-bond acceptors (Lipinski definition) is 6. The molecule has 1 aromatic rings. The molecule has 0 aliphatic heterocycles. The summed E-state index contributed by atoms with van der Waals surface area (Å²) < 4.78 is 3.98. The second kappa shape index (κ2) is 8.06. The van der Waals surface area contributed by atoms with Crippen LogP contribution in [0, 0.1) is 5.92 Å². The van der Waals surface area contributed by atoms with E-state index in [1.54, 1.807) is 7.05 Å². The van der Waals surface area contributed by atoms with Crippen LogP contribution in [0.4, 0.5) is 5.00 Å². The maximum absolute atomic E-state index is 11.5. The zero-order valence-corrected chi connectivity index (χ0v) is 12.9. The van der Waals surface area contributed by atoms with Gasteiger partial charge >= 0.3 is 0 Å². The van der Waals surface area contributed by atoms with E-state index in [4.69, 9.17) is 0 Å². The van der Waals surface area contributed by atoms with Crippen molar-refractivity contribution in [3.8, 4) is 0 Å². The van der Waals surface area contributed by atoms with Crippen LogP contribution in [-0.4, -0.2) is 47.6 Å². The molecule has 2 N–H and O–H groups in total. The lowest BCUT2D eigenvalue weighted by Crippen LogP contribution is -2.34. The smallest absolute Gasteiger partial charge is 0.223 e. The molecule has 19 heavy (non-hydrogen) atoms. The Morgan fingerprint density at radius 3 is 2.89 bits per heavy atom. The molecule has 1 unspecified atom stereocenters. The summed E-state index contributed by atoms with van der Waals surface area (Å²) in [6, 6.07) is 0. The predicted molar refractivity (Wildman–Crippen MR) is 78.3 cm³/mol. The quantitative estimate of drug-likeness (QED) is 0.750. The standard InChI is InChI=1S/C12H23N5OS/c1-5-6-14-12-10(15-16-19-12)8-17(4)7-9(2)11(18)13-3/h9,14H,5-8H2,1-4H3,(H,13,18). The molecule has 1 rings (SSSR count). The van der Waals surface area contributed by atoms with Gasteiger partial charge < -0.3 is 10.6 Å². The maximum Gasteiger partial charge on any atom is 0.223 e. The summed E-state index contributed by atoms with van der Waals surface area (Å²) >= 11 is 1.38. The SMILES string of the molecule is CCCNc1snnc1CN(C)CC(C)C(=O)NC. The minimum atomic E-state index is -0.0337. The molecule has 1 heterocycles. The molecule has 7 heteroatoms. The van der Waals surface area contributed by atoms with Crippen molar-refractivity contribution in [2.45, 2.75) is 26.8 Å². The molecule has 6 nitrogen and oxygen atoms in total. The largest absolute Gasteiger partial charge is 0.374 e. The number of nitrogens with one attached hydrogen (secondary N) is 2. The molecule has 0 aromatic carbocycles. The molecule has 0 radical (unpaired) electrons. The number of amides is 1. The van der Waals surface area contributed by atoms with Crippen LogP contribution in [-0.2, 0) is 11.3 Å². The van der Waals surface area contributed by atoms with Gasteiger partial charge in [-0.05, 0) is 13.5 Å². The van der Waals surface area contributed by atoms with Crippen LogP contribution >= 0.6 is 11.5 Å². The van der Waals surface area contributed by atoms with Crippen LogP contribution in [0.2, 0.25) is 0 Å². The summed E-state index contributed by atoms with van der Waals surface area (Å²) in [6.07, 6.45) is 1.07. The van der Waals surface area contributed by atoms with Crippen LogP contribution in [0.25, 0.3) is 0 Å². The van der Waals surface area contributed by atoms with E-state index >= 15 is 0 Å². The van der Waals surface area contributed by atoms with Gasteiger partial charge in [-0.25, -0.2) is 0 Å². The van der Waals surface area contributed by atoms with E-state index in [1.807, 2.05) is 14.0 Å². The van der Waals surface area contributed by atoms with Gasteiger partial charge in [0, 0.05) is 44.1 Å². The fourth-order valence-corrected chi connectivity index (χ4v) is 2.40. The third kappa shape index (κ3) is 5.12. The lowest BCUT2D eigenvalue weighted by Gasteiger charge is -2.19. The Labute approximate surface area is 118 Å².